The molecule has 4 heterocycles. The number of benzene rings is 2. The van der Waals surface area contributed by atoms with Crippen molar-refractivity contribution in [3.8, 4) is 17.0 Å². The maximum absolute atomic E-state index is 12.8. The van der Waals surface area contributed by atoms with Crippen molar-refractivity contribution < 1.29 is 9.90 Å². The first-order valence-electron chi connectivity index (χ1n) is 10.9. The third kappa shape index (κ3) is 4.32. The zero-order valence-corrected chi connectivity index (χ0v) is 17.4. The summed E-state index contributed by atoms with van der Waals surface area (Å²) in [7, 11) is 0. The molecule has 3 aliphatic heterocycles. The van der Waals surface area contributed by atoms with E-state index in [1.165, 1.54) is 0 Å². The van der Waals surface area contributed by atoms with E-state index < -0.39 is 0 Å². The predicted molar refractivity (Wildman–Crippen MR) is 117 cm³/mol. The molecule has 3 aliphatic rings. The van der Waals surface area contributed by atoms with Gasteiger partial charge in [0.15, 0.2) is 0 Å². The molecule has 2 bridgehead atoms. The molecule has 3 saturated heterocycles. The maximum atomic E-state index is 12.8. The number of piperidine rings is 3. The Kier molecular flexibility index (Phi) is 5.42. The molecule has 3 aromatic rings. The Bertz CT molecular complexity index is 1050. The molecular weight excluding hydrogens is 390 g/mol. The molecule has 0 radical (unpaired) electrons. The van der Waals surface area contributed by atoms with E-state index in [1.54, 1.807) is 18.2 Å². The van der Waals surface area contributed by atoms with Crippen molar-refractivity contribution in [2.45, 2.75) is 32.0 Å². The Labute approximate surface area is 181 Å². The fraction of sp³-hybridized carbons (Fsp3) is 0.375. The van der Waals surface area contributed by atoms with Gasteiger partial charge in [-0.15, -0.1) is 5.10 Å². The van der Waals surface area contributed by atoms with Gasteiger partial charge in [0.1, 0.15) is 11.4 Å². The summed E-state index contributed by atoms with van der Waals surface area (Å²) >= 11 is 0. The summed E-state index contributed by atoms with van der Waals surface area (Å²) < 4.78 is 1.88. The second kappa shape index (κ2) is 8.51. The van der Waals surface area contributed by atoms with Gasteiger partial charge in [-0.3, -0.25) is 14.4 Å². The number of aromatic nitrogens is 3. The normalized spacial score (nSPS) is 24.8. The summed E-state index contributed by atoms with van der Waals surface area (Å²) in [6.07, 6.45) is 4.01. The number of nitrogens with zero attached hydrogens (tertiary/aromatic N) is 4. The van der Waals surface area contributed by atoms with Gasteiger partial charge in [0.2, 0.25) is 5.91 Å². The largest absolute Gasteiger partial charge is 0.508 e. The van der Waals surface area contributed by atoms with Crippen molar-refractivity contribution in [2.24, 2.45) is 11.8 Å². The number of carbonyl (C=O) groups is 1. The first-order chi connectivity index (χ1) is 15.2. The Morgan fingerprint density at radius 2 is 2.03 bits per heavy atom. The number of rotatable bonds is 6. The van der Waals surface area contributed by atoms with Crippen molar-refractivity contribution in [3.63, 3.8) is 0 Å². The van der Waals surface area contributed by atoms with Gasteiger partial charge in [-0.25, -0.2) is 0 Å². The lowest BCUT2D eigenvalue weighted by Gasteiger charge is -2.49. The molecule has 6 rings (SSSR count). The Balaban J connectivity index is 1.19. The summed E-state index contributed by atoms with van der Waals surface area (Å²) in [4.78, 5) is 15.3. The maximum Gasteiger partial charge on any atom is 0.224 e. The van der Waals surface area contributed by atoms with Crippen molar-refractivity contribution in [2.75, 3.05) is 13.1 Å². The smallest absolute Gasteiger partial charge is 0.224 e. The van der Waals surface area contributed by atoms with Gasteiger partial charge in [0.25, 0.3) is 0 Å². The monoisotopic (exact) mass is 417 g/mol. The van der Waals surface area contributed by atoms with Crippen LogP contribution in [0.25, 0.3) is 11.3 Å². The van der Waals surface area contributed by atoms with E-state index in [0.717, 1.165) is 49.3 Å². The fourth-order valence-electron chi connectivity index (χ4n) is 4.94. The summed E-state index contributed by atoms with van der Waals surface area (Å²) in [5, 5.41) is 21.4. The molecule has 2 N–H and O–H groups in total. The molecule has 160 valence electrons. The van der Waals surface area contributed by atoms with Crippen LogP contribution in [0.2, 0.25) is 0 Å². The van der Waals surface area contributed by atoms with Crippen LogP contribution in [0.3, 0.4) is 0 Å². The van der Waals surface area contributed by atoms with E-state index >= 15 is 0 Å². The van der Waals surface area contributed by atoms with Gasteiger partial charge in [-0.2, -0.15) is 0 Å². The predicted octanol–water partition coefficient (Wildman–Crippen LogP) is 2.68. The average molecular weight is 418 g/mol. The molecule has 31 heavy (non-hydrogen) atoms. The first kappa shape index (κ1) is 19.8. The number of carbonyl (C=O) groups excluding carboxylic acids is 1. The Morgan fingerprint density at radius 1 is 1.16 bits per heavy atom. The lowest BCUT2D eigenvalue weighted by molar-refractivity contribution is -0.133. The molecule has 0 aliphatic carbocycles. The average Bonchev–Trinajstić information content (AvgIpc) is 3.27. The van der Waals surface area contributed by atoms with E-state index in [4.69, 9.17) is 0 Å². The number of fused-ring (bicyclic) bond motifs is 3. The van der Waals surface area contributed by atoms with Crippen LogP contribution in [-0.2, 0) is 17.9 Å². The van der Waals surface area contributed by atoms with Gasteiger partial charge >= 0.3 is 0 Å². The minimum atomic E-state index is 0.0623. The van der Waals surface area contributed by atoms with Crippen molar-refractivity contribution in [1.82, 2.24) is 25.2 Å². The third-order valence-electron chi connectivity index (χ3n) is 6.60. The first-order valence-corrected chi connectivity index (χ1v) is 10.9. The summed E-state index contributed by atoms with van der Waals surface area (Å²) in [5.74, 6) is 0.871. The molecule has 1 aromatic heterocycles. The minimum absolute atomic E-state index is 0.0623. The zero-order chi connectivity index (χ0) is 21.2. The van der Waals surface area contributed by atoms with E-state index in [-0.39, 0.29) is 17.6 Å². The van der Waals surface area contributed by atoms with Crippen LogP contribution in [0.15, 0.2) is 60.8 Å². The molecule has 7 heteroatoms. The molecular formula is C24H27N5O2. The summed E-state index contributed by atoms with van der Waals surface area (Å²) in [6, 6.07) is 17.5. The Hall–Kier alpha value is -3.19. The molecule has 7 nitrogen and oxygen atoms in total. The molecule has 3 fully saturated rings. The number of hydrogen-bond acceptors (Lipinski definition) is 5. The second-order valence-electron chi connectivity index (χ2n) is 8.62. The third-order valence-corrected chi connectivity index (χ3v) is 6.60. The quantitative estimate of drug-likeness (QED) is 0.644. The van der Waals surface area contributed by atoms with E-state index in [9.17, 15) is 9.90 Å². The van der Waals surface area contributed by atoms with Gasteiger partial charge in [-0.05, 0) is 43.0 Å². The minimum Gasteiger partial charge on any atom is -0.508 e. The van der Waals surface area contributed by atoms with Crippen LogP contribution >= 0.6 is 0 Å². The van der Waals surface area contributed by atoms with Crippen LogP contribution in [-0.4, -0.2) is 50.0 Å². The highest BCUT2D eigenvalue weighted by Crippen LogP contribution is 2.37. The number of nitrogens with one attached hydrogen (secondary N) is 1. The van der Waals surface area contributed by atoms with E-state index in [2.05, 4.69) is 20.5 Å². The number of hydrogen-bond donors (Lipinski definition) is 2. The number of aromatic hydroxyl groups is 1. The number of phenols is 1. The molecule has 0 spiro atoms. The fourth-order valence-corrected chi connectivity index (χ4v) is 4.94. The lowest BCUT2D eigenvalue weighted by Crippen LogP contribution is -2.57. The van der Waals surface area contributed by atoms with Crippen LogP contribution < -0.4 is 5.32 Å². The number of amides is 1. The van der Waals surface area contributed by atoms with Gasteiger partial charge < -0.3 is 10.4 Å². The molecule has 1 amide bonds. The summed E-state index contributed by atoms with van der Waals surface area (Å²) in [6.45, 7) is 3.19. The summed E-state index contributed by atoms with van der Waals surface area (Å²) in [5.41, 5.74) is 2.74. The van der Waals surface area contributed by atoms with E-state index in [0.29, 0.717) is 18.5 Å². The zero-order valence-electron chi connectivity index (χ0n) is 17.4. The molecule has 4 atom stereocenters. The van der Waals surface area contributed by atoms with Crippen molar-refractivity contribution in [3.05, 3.63) is 66.4 Å². The van der Waals surface area contributed by atoms with Gasteiger partial charge in [0, 0.05) is 24.7 Å². The van der Waals surface area contributed by atoms with Gasteiger partial charge in [0.05, 0.1) is 18.7 Å². The number of phenolic OH excluding ortho intramolecular Hbond substituents is 1. The van der Waals surface area contributed by atoms with Crippen LogP contribution in [0, 0.1) is 11.8 Å². The van der Waals surface area contributed by atoms with E-state index in [1.807, 2.05) is 47.3 Å². The van der Waals surface area contributed by atoms with Crippen molar-refractivity contribution >= 4 is 5.91 Å². The standard InChI is InChI=1S/C24H27N5O2/c30-21-8-4-7-19(12-21)23-16-29(27-26-23)14-20-11-18-9-10-28(20)15-22(18)24(31)25-13-17-5-2-1-3-6-17/h1-8,12,16,18,20,22,30H,9-11,13-15H2,(H,25,31)/t18-,20-,22-/m1/s1. The van der Waals surface area contributed by atoms with Crippen molar-refractivity contribution in [1.29, 1.82) is 0 Å². The van der Waals surface area contributed by atoms with Crippen LogP contribution in [0.5, 0.6) is 5.75 Å². The topological polar surface area (TPSA) is 83.3 Å². The highest BCUT2D eigenvalue weighted by molar-refractivity contribution is 5.79. The SMILES string of the molecule is O=C(NCc1ccccc1)[C@@H]1CN2CC[C@@H]1C[C@@H]2Cn1cc(-c2cccc(O)c2)nn1. The highest BCUT2D eigenvalue weighted by Gasteiger charge is 2.43. The van der Waals surface area contributed by atoms with Crippen LogP contribution in [0.1, 0.15) is 18.4 Å². The molecule has 0 saturated carbocycles. The lowest BCUT2D eigenvalue weighted by atomic mass is 9.75. The molecule has 2 aromatic carbocycles. The molecule has 1 unspecified atom stereocenters. The Morgan fingerprint density at radius 3 is 2.81 bits per heavy atom. The van der Waals surface area contributed by atoms with Crippen LogP contribution in [0.4, 0.5) is 0 Å². The highest BCUT2D eigenvalue weighted by atomic mass is 16.3. The van der Waals surface area contributed by atoms with Gasteiger partial charge in [-0.1, -0.05) is 47.7 Å². The second-order valence-corrected chi connectivity index (χ2v) is 8.62.